The van der Waals surface area contributed by atoms with E-state index in [9.17, 15) is 13.6 Å². The Morgan fingerprint density at radius 3 is 2.90 bits per heavy atom. The molecule has 1 aliphatic rings. The Morgan fingerprint density at radius 2 is 2.10 bits per heavy atom. The summed E-state index contributed by atoms with van der Waals surface area (Å²) in [5, 5.41) is 7.33. The molecule has 0 saturated carbocycles. The van der Waals surface area contributed by atoms with Gasteiger partial charge in [0.05, 0.1) is 6.20 Å². The van der Waals surface area contributed by atoms with E-state index in [2.05, 4.69) is 20.3 Å². The number of carbonyl (C=O) groups is 1. The Morgan fingerprint density at radius 1 is 1.29 bits per heavy atom. The lowest BCUT2D eigenvalue weighted by Crippen LogP contribution is -2.29. The Bertz CT molecular complexity index is 1110. The number of hydrogen-bond donors (Lipinski definition) is 3. The van der Waals surface area contributed by atoms with Crippen molar-refractivity contribution in [1.29, 1.82) is 0 Å². The van der Waals surface area contributed by atoms with Crippen molar-refractivity contribution in [2.75, 3.05) is 29.0 Å². The lowest BCUT2D eigenvalue weighted by atomic mass is 10.1. The second kappa shape index (κ2) is 8.60. The first kappa shape index (κ1) is 21.2. The van der Waals surface area contributed by atoms with Crippen LogP contribution >= 0.6 is 11.3 Å². The molecule has 164 valence electrons. The topological polar surface area (TPSA) is 115 Å². The molecule has 5 N–H and O–H groups in total. The van der Waals surface area contributed by atoms with Gasteiger partial charge in [-0.3, -0.25) is 9.48 Å². The third-order valence-corrected chi connectivity index (χ3v) is 6.20. The van der Waals surface area contributed by atoms with E-state index in [0.29, 0.717) is 5.69 Å². The van der Waals surface area contributed by atoms with Crippen molar-refractivity contribution in [3.8, 4) is 10.6 Å². The molecule has 8 nitrogen and oxygen atoms in total. The zero-order valence-electron chi connectivity index (χ0n) is 16.9. The van der Waals surface area contributed by atoms with Crippen LogP contribution < -0.4 is 21.7 Å². The first-order valence-corrected chi connectivity index (χ1v) is 10.7. The molecule has 11 heteroatoms. The van der Waals surface area contributed by atoms with E-state index < -0.39 is 17.5 Å². The normalized spacial score (nSPS) is 16.9. The number of benzene rings is 1. The highest BCUT2D eigenvalue weighted by Crippen LogP contribution is 2.33. The summed E-state index contributed by atoms with van der Waals surface area (Å²) in [6.07, 6.45) is 4.31. The average Bonchev–Trinajstić information content (AvgIpc) is 3.21. The first-order valence-electron chi connectivity index (χ1n) is 9.89. The minimum absolute atomic E-state index is 0.0428. The lowest BCUT2D eigenvalue weighted by molar-refractivity contribution is 0.102. The van der Waals surface area contributed by atoms with E-state index in [1.165, 1.54) is 12.1 Å². The number of hydrogen-bond acceptors (Lipinski definition) is 7. The van der Waals surface area contributed by atoms with Gasteiger partial charge in [-0.2, -0.15) is 5.10 Å². The summed E-state index contributed by atoms with van der Waals surface area (Å²) < 4.78 is 29.4. The number of nitrogens with one attached hydrogen (secondary N) is 1. The highest BCUT2D eigenvalue weighted by atomic mass is 32.1. The third kappa shape index (κ3) is 4.23. The quantitative estimate of drug-likeness (QED) is 0.566. The van der Waals surface area contributed by atoms with Crippen molar-refractivity contribution in [3.63, 3.8) is 0 Å². The van der Waals surface area contributed by atoms with Crippen LogP contribution in [0.3, 0.4) is 0 Å². The summed E-state index contributed by atoms with van der Waals surface area (Å²) in [5.74, 6) is -1.79. The van der Waals surface area contributed by atoms with Gasteiger partial charge < -0.3 is 21.7 Å². The Balaban J connectivity index is 1.59. The number of carbonyl (C=O) groups excluding carboxylic acids is 1. The minimum atomic E-state index is -1.03. The van der Waals surface area contributed by atoms with Gasteiger partial charge in [-0.25, -0.2) is 13.8 Å². The highest BCUT2D eigenvalue weighted by Gasteiger charge is 2.24. The third-order valence-electron chi connectivity index (χ3n) is 5.28. The zero-order valence-corrected chi connectivity index (χ0v) is 17.8. The molecule has 0 bridgehead atoms. The number of halogens is 2. The van der Waals surface area contributed by atoms with Crippen molar-refractivity contribution in [1.82, 2.24) is 14.8 Å². The molecule has 0 radical (unpaired) electrons. The number of anilines is 3. The second-order valence-corrected chi connectivity index (χ2v) is 8.50. The largest absolute Gasteiger partial charge is 0.389 e. The molecule has 4 rings (SSSR count). The summed E-state index contributed by atoms with van der Waals surface area (Å²) in [6.45, 7) is 1.56. The highest BCUT2D eigenvalue weighted by molar-refractivity contribution is 7.19. The molecule has 31 heavy (non-hydrogen) atoms. The van der Waals surface area contributed by atoms with Crippen molar-refractivity contribution >= 4 is 33.8 Å². The van der Waals surface area contributed by atoms with Crippen molar-refractivity contribution < 1.29 is 13.6 Å². The Hall–Kier alpha value is -3.05. The number of rotatable bonds is 4. The maximum Gasteiger partial charge on any atom is 0.277 e. The van der Waals surface area contributed by atoms with E-state index >= 15 is 0 Å². The standard InChI is InChI=1S/C20H23F2N7OS/c1-28-20(29-8-3-4-11(23)7-9-29)14(10-25-28)26-18(30)16-17(24)31-19(27-16)12-5-2-6-13(21)15(12)22/h2,5-6,10-11H,3-4,7-9,23-24H2,1H3,(H,26,30). The van der Waals surface area contributed by atoms with E-state index in [1.807, 2.05) is 0 Å². The number of aromatic nitrogens is 3. The van der Waals surface area contributed by atoms with Crippen LogP contribution in [0.15, 0.2) is 24.4 Å². The number of thiazole rings is 1. The van der Waals surface area contributed by atoms with Gasteiger partial charge in [0, 0.05) is 31.7 Å². The molecule has 3 aromatic rings. The summed E-state index contributed by atoms with van der Waals surface area (Å²) in [6, 6.07) is 3.94. The van der Waals surface area contributed by atoms with Gasteiger partial charge in [-0.1, -0.05) is 17.4 Å². The molecule has 0 spiro atoms. The van der Waals surface area contributed by atoms with Crippen LogP contribution in [0.25, 0.3) is 10.6 Å². The van der Waals surface area contributed by atoms with E-state index in [0.717, 1.165) is 55.6 Å². The molecule has 2 aromatic heterocycles. The molecular formula is C20H23F2N7OS. The predicted molar refractivity (Wildman–Crippen MR) is 117 cm³/mol. The average molecular weight is 448 g/mol. The Labute approximate surface area is 181 Å². The number of nitrogens with zero attached hydrogens (tertiary/aromatic N) is 4. The number of nitrogen functional groups attached to an aromatic ring is 1. The lowest BCUT2D eigenvalue weighted by Gasteiger charge is -2.24. The van der Waals surface area contributed by atoms with Crippen LogP contribution in [0, 0.1) is 11.6 Å². The molecule has 1 aromatic carbocycles. The SMILES string of the molecule is Cn1ncc(NC(=O)c2nc(-c3cccc(F)c3F)sc2N)c1N1CCCC(N)CC1. The smallest absolute Gasteiger partial charge is 0.277 e. The van der Waals surface area contributed by atoms with Crippen LogP contribution in [0.4, 0.5) is 25.3 Å². The van der Waals surface area contributed by atoms with Gasteiger partial charge >= 0.3 is 0 Å². The zero-order chi connectivity index (χ0) is 22.1. The summed E-state index contributed by atoms with van der Waals surface area (Å²) >= 11 is 0.924. The van der Waals surface area contributed by atoms with Crippen LogP contribution in [0.5, 0.6) is 0 Å². The van der Waals surface area contributed by atoms with E-state index in [1.54, 1.807) is 17.9 Å². The summed E-state index contributed by atoms with van der Waals surface area (Å²) in [4.78, 5) is 19.2. The van der Waals surface area contributed by atoms with Crippen LogP contribution in [-0.4, -0.2) is 39.8 Å². The molecule has 1 atom stereocenters. The summed E-state index contributed by atoms with van der Waals surface area (Å²) in [7, 11) is 1.80. The van der Waals surface area contributed by atoms with Gasteiger partial charge in [0.25, 0.3) is 5.91 Å². The van der Waals surface area contributed by atoms with Crippen molar-refractivity contribution in [3.05, 3.63) is 41.7 Å². The van der Waals surface area contributed by atoms with Crippen LogP contribution in [-0.2, 0) is 7.05 Å². The fraction of sp³-hybridized carbons (Fsp3) is 0.350. The van der Waals surface area contributed by atoms with Gasteiger partial charge in [0.1, 0.15) is 15.7 Å². The molecule has 1 amide bonds. The number of nitrogens with two attached hydrogens (primary N) is 2. The van der Waals surface area contributed by atoms with Crippen molar-refractivity contribution in [2.45, 2.75) is 25.3 Å². The van der Waals surface area contributed by atoms with Crippen molar-refractivity contribution in [2.24, 2.45) is 12.8 Å². The molecular weight excluding hydrogens is 424 g/mol. The predicted octanol–water partition coefficient (Wildman–Crippen LogP) is 2.97. The maximum absolute atomic E-state index is 14.1. The first-order chi connectivity index (χ1) is 14.8. The fourth-order valence-electron chi connectivity index (χ4n) is 3.69. The van der Waals surface area contributed by atoms with Gasteiger partial charge in [0.15, 0.2) is 23.1 Å². The minimum Gasteiger partial charge on any atom is -0.389 e. The molecule has 1 fully saturated rings. The second-order valence-electron chi connectivity index (χ2n) is 7.47. The molecule has 1 aliphatic heterocycles. The van der Waals surface area contributed by atoms with E-state index in [-0.39, 0.29) is 27.3 Å². The summed E-state index contributed by atoms with van der Waals surface area (Å²) in [5.41, 5.74) is 12.5. The molecule has 0 aliphatic carbocycles. The van der Waals surface area contributed by atoms with Gasteiger partial charge in [-0.05, 0) is 31.4 Å². The molecule has 1 saturated heterocycles. The van der Waals surface area contributed by atoms with E-state index in [4.69, 9.17) is 11.5 Å². The maximum atomic E-state index is 14.1. The monoisotopic (exact) mass is 447 g/mol. The number of aryl methyl sites for hydroxylation is 1. The fourth-order valence-corrected chi connectivity index (χ4v) is 4.54. The molecule has 1 unspecified atom stereocenters. The van der Waals surface area contributed by atoms with Crippen LogP contribution in [0.1, 0.15) is 29.8 Å². The Kier molecular flexibility index (Phi) is 5.88. The number of amides is 1. The molecule has 3 heterocycles. The van der Waals surface area contributed by atoms with Gasteiger partial charge in [0.2, 0.25) is 0 Å². The van der Waals surface area contributed by atoms with Gasteiger partial charge in [-0.15, -0.1) is 0 Å². The van der Waals surface area contributed by atoms with Crippen LogP contribution in [0.2, 0.25) is 0 Å².